The predicted octanol–water partition coefficient (Wildman–Crippen LogP) is 2.48. The minimum absolute atomic E-state index is 0.291. The first-order valence-electron chi connectivity index (χ1n) is 10.9. The van der Waals surface area contributed by atoms with Crippen LogP contribution in [-0.2, 0) is 22.9 Å². The highest BCUT2D eigenvalue weighted by Crippen LogP contribution is 2.21. The van der Waals surface area contributed by atoms with Gasteiger partial charge in [-0.1, -0.05) is 12.1 Å². The van der Waals surface area contributed by atoms with E-state index in [2.05, 4.69) is 36.9 Å². The summed E-state index contributed by atoms with van der Waals surface area (Å²) in [4.78, 5) is 9.11. The number of H-pyrrole nitrogens is 1. The zero-order valence-corrected chi connectivity index (χ0v) is 18.8. The number of hydrogen-bond donors (Lipinski definition) is 3. The molecule has 0 atom stereocenters. The molecule has 4 aromatic rings. The number of nitrogens with one attached hydrogen (secondary N) is 3. The summed E-state index contributed by atoms with van der Waals surface area (Å²) in [6.45, 7) is 2.32. The van der Waals surface area contributed by atoms with Crippen LogP contribution in [0.15, 0.2) is 66.0 Å². The maximum Gasteiger partial charge on any atom is 0.243 e. The van der Waals surface area contributed by atoms with E-state index in [1.807, 2.05) is 30.7 Å². The third-order valence-corrected chi connectivity index (χ3v) is 7.70. The Hall–Kier alpha value is -3.34. The van der Waals surface area contributed by atoms with Crippen LogP contribution in [0.2, 0.25) is 0 Å². The molecular formula is C23H25N7O2S. The highest BCUT2D eigenvalue weighted by molar-refractivity contribution is 7.89. The van der Waals surface area contributed by atoms with E-state index >= 15 is 0 Å². The number of anilines is 2. The zero-order chi connectivity index (χ0) is 22.7. The van der Waals surface area contributed by atoms with E-state index in [1.54, 1.807) is 24.3 Å². The molecule has 0 spiro atoms. The Bertz CT molecular complexity index is 1330. The van der Waals surface area contributed by atoms with Crippen molar-refractivity contribution in [3.63, 3.8) is 0 Å². The van der Waals surface area contributed by atoms with Crippen LogP contribution in [0.1, 0.15) is 11.1 Å². The number of nitrogens with zero attached hydrogens (tertiary/aromatic N) is 4. The lowest BCUT2D eigenvalue weighted by Gasteiger charge is -2.26. The van der Waals surface area contributed by atoms with Crippen LogP contribution in [0, 0.1) is 0 Å². The van der Waals surface area contributed by atoms with Crippen molar-refractivity contribution >= 4 is 32.6 Å². The van der Waals surface area contributed by atoms with Crippen LogP contribution in [0.4, 0.5) is 11.6 Å². The minimum atomic E-state index is -3.47. The van der Waals surface area contributed by atoms with E-state index in [0.29, 0.717) is 37.0 Å². The molecule has 5 rings (SSSR count). The summed E-state index contributed by atoms with van der Waals surface area (Å²) in [5, 5.41) is 14.5. The average molecular weight is 464 g/mol. The molecule has 0 saturated carbocycles. The first kappa shape index (κ1) is 21.5. The number of piperazine rings is 1. The number of hydrogen-bond acceptors (Lipinski definition) is 7. The van der Waals surface area contributed by atoms with Crippen LogP contribution < -0.4 is 10.6 Å². The SMILES string of the molecule is O=S(=O)(c1ccc(Nc2ncc(CCc3cccc4[nH]ncc34)cn2)cc1)N1CCNCC1. The maximum absolute atomic E-state index is 12.8. The van der Waals surface area contributed by atoms with E-state index < -0.39 is 10.0 Å². The minimum Gasteiger partial charge on any atom is -0.324 e. The lowest BCUT2D eigenvalue weighted by atomic mass is 10.0. The van der Waals surface area contributed by atoms with Crippen molar-refractivity contribution in [1.82, 2.24) is 29.8 Å². The molecule has 1 fully saturated rings. The van der Waals surface area contributed by atoms with Crippen LogP contribution >= 0.6 is 0 Å². The van der Waals surface area contributed by atoms with Gasteiger partial charge in [0.25, 0.3) is 0 Å². The number of fused-ring (bicyclic) bond motifs is 1. The quantitative estimate of drug-likeness (QED) is 0.386. The van der Waals surface area contributed by atoms with Crippen LogP contribution in [0.5, 0.6) is 0 Å². The van der Waals surface area contributed by atoms with E-state index in [0.717, 1.165) is 35.0 Å². The normalized spacial score (nSPS) is 15.0. The van der Waals surface area contributed by atoms with Crippen LogP contribution in [0.3, 0.4) is 0 Å². The van der Waals surface area contributed by atoms with E-state index in [9.17, 15) is 8.42 Å². The van der Waals surface area contributed by atoms with Crippen molar-refractivity contribution in [2.75, 3.05) is 31.5 Å². The summed E-state index contributed by atoms with van der Waals surface area (Å²) in [6.07, 6.45) is 7.18. The molecule has 170 valence electrons. The van der Waals surface area contributed by atoms with Gasteiger partial charge in [-0.15, -0.1) is 0 Å². The summed E-state index contributed by atoms with van der Waals surface area (Å²) < 4.78 is 27.0. The molecule has 0 bridgehead atoms. The van der Waals surface area contributed by atoms with Gasteiger partial charge in [0.15, 0.2) is 0 Å². The van der Waals surface area contributed by atoms with Gasteiger partial charge in [-0.3, -0.25) is 5.10 Å². The van der Waals surface area contributed by atoms with E-state index in [-0.39, 0.29) is 0 Å². The van der Waals surface area contributed by atoms with Gasteiger partial charge in [0, 0.05) is 49.6 Å². The predicted molar refractivity (Wildman–Crippen MR) is 127 cm³/mol. The fraction of sp³-hybridized carbons (Fsp3) is 0.261. The smallest absolute Gasteiger partial charge is 0.243 e. The highest BCUT2D eigenvalue weighted by Gasteiger charge is 2.25. The Morgan fingerprint density at radius 3 is 2.45 bits per heavy atom. The topological polar surface area (TPSA) is 116 Å². The van der Waals surface area contributed by atoms with Crippen molar-refractivity contribution in [2.24, 2.45) is 0 Å². The molecule has 3 N–H and O–H groups in total. The molecule has 0 radical (unpaired) electrons. The summed E-state index contributed by atoms with van der Waals surface area (Å²) in [5.74, 6) is 0.466. The Balaban J connectivity index is 1.21. The molecule has 0 aliphatic carbocycles. The van der Waals surface area contributed by atoms with Crippen molar-refractivity contribution in [3.8, 4) is 0 Å². The van der Waals surface area contributed by atoms with Gasteiger partial charge in [-0.2, -0.15) is 9.40 Å². The zero-order valence-electron chi connectivity index (χ0n) is 18.0. The number of benzene rings is 2. The van der Waals surface area contributed by atoms with Crippen molar-refractivity contribution < 1.29 is 8.42 Å². The monoisotopic (exact) mass is 463 g/mol. The first-order chi connectivity index (χ1) is 16.1. The lowest BCUT2D eigenvalue weighted by molar-refractivity contribution is 0.360. The van der Waals surface area contributed by atoms with Gasteiger partial charge in [0.2, 0.25) is 16.0 Å². The Kier molecular flexibility index (Phi) is 6.03. The third-order valence-electron chi connectivity index (χ3n) is 5.79. The Morgan fingerprint density at radius 2 is 1.70 bits per heavy atom. The molecule has 3 heterocycles. The van der Waals surface area contributed by atoms with Crippen LogP contribution in [0.25, 0.3) is 10.9 Å². The number of aromatic nitrogens is 4. The first-order valence-corrected chi connectivity index (χ1v) is 12.3. The van der Waals surface area contributed by atoms with Gasteiger partial charge in [-0.25, -0.2) is 18.4 Å². The largest absolute Gasteiger partial charge is 0.324 e. The molecular weight excluding hydrogens is 438 g/mol. The molecule has 10 heteroatoms. The van der Waals surface area contributed by atoms with Gasteiger partial charge in [-0.05, 0) is 54.3 Å². The molecule has 9 nitrogen and oxygen atoms in total. The summed E-state index contributed by atoms with van der Waals surface area (Å²) in [7, 11) is -3.47. The second-order valence-electron chi connectivity index (χ2n) is 7.97. The molecule has 0 unspecified atom stereocenters. The summed E-state index contributed by atoms with van der Waals surface area (Å²) in [6, 6.07) is 12.9. The van der Waals surface area contributed by atoms with Crippen molar-refractivity contribution in [3.05, 3.63) is 72.2 Å². The van der Waals surface area contributed by atoms with Crippen molar-refractivity contribution in [1.29, 1.82) is 0 Å². The van der Waals surface area contributed by atoms with Gasteiger partial charge < -0.3 is 10.6 Å². The molecule has 2 aromatic heterocycles. The summed E-state index contributed by atoms with van der Waals surface area (Å²) in [5.41, 5.74) is 4.04. The number of aromatic amines is 1. The van der Waals surface area contributed by atoms with Crippen LogP contribution in [-0.4, -0.2) is 59.1 Å². The standard InChI is InChI=1S/C23H25N7O2S/c31-33(32,30-12-10-24-11-13-30)20-8-6-19(7-9-20)28-23-25-14-17(15-26-23)4-5-18-2-1-3-22-21(18)16-27-29-22/h1-3,6-9,14-16,24H,4-5,10-13H2,(H,27,29)(H,25,26,28). The van der Waals surface area contributed by atoms with Gasteiger partial charge in [0.1, 0.15) is 0 Å². The van der Waals surface area contributed by atoms with Gasteiger partial charge >= 0.3 is 0 Å². The maximum atomic E-state index is 12.8. The third kappa shape index (κ3) is 4.72. The fourth-order valence-corrected chi connectivity index (χ4v) is 5.39. The molecule has 33 heavy (non-hydrogen) atoms. The van der Waals surface area contributed by atoms with E-state index in [1.165, 1.54) is 9.87 Å². The van der Waals surface area contributed by atoms with Gasteiger partial charge in [0.05, 0.1) is 16.6 Å². The molecule has 1 saturated heterocycles. The lowest BCUT2D eigenvalue weighted by Crippen LogP contribution is -2.46. The second kappa shape index (κ2) is 9.26. The number of rotatable bonds is 7. The highest BCUT2D eigenvalue weighted by atomic mass is 32.2. The fourth-order valence-electron chi connectivity index (χ4n) is 3.95. The second-order valence-corrected chi connectivity index (χ2v) is 9.90. The molecule has 1 aliphatic heterocycles. The number of sulfonamides is 1. The molecule has 0 amide bonds. The molecule has 1 aliphatic rings. The Morgan fingerprint density at radius 1 is 0.939 bits per heavy atom. The van der Waals surface area contributed by atoms with E-state index in [4.69, 9.17) is 0 Å². The average Bonchev–Trinajstić information content (AvgIpc) is 3.34. The summed E-state index contributed by atoms with van der Waals surface area (Å²) >= 11 is 0. The molecule has 2 aromatic carbocycles. The Labute approximate surface area is 192 Å². The van der Waals surface area contributed by atoms with Crippen molar-refractivity contribution in [2.45, 2.75) is 17.7 Å². The number of aryl methyl sites for hydroxylation is 2.